The maximum atomic E-state index is 12.9. The van der Waals surface area contributed by atoms with Crippen LogP contribution in [0.4, 0.5) is 0 Å². The van der Waals surface area contributed by atoms with Gasteiger partial charge in [-0.25, -0.2) is 4.79 Å². The van der Waals surface area contributed by atoms with Gasteiger partial charge in [-0.2, -0.15) is 0 Å². The molecule has 0 spiro atoms. The molecule has 0 radical (unpaired) electrons. The zero-order chi connectivity index (χ0) is 29.3. The number of carboxylic acids is 2. The molecule has 0 aliphatic heterocycles. The van der Waals surface area contributed by atoms with E-state index in [2.05, 4.69) is 15.6 Å². The van der Waals surface area contributed by atoms with E-state index in [0.29, 0.717) is 5.56 Å². The summed E-state index contributed by atoms with van der Waals surface area (Å²) in [6.45, 7) is 0. The van der Waals surface area contributed by atoms with E-state index in [1.807, 2.05) is 23.5 Å². The van der Waals surface area contributed by atoms with E-state index in [1.54, 1.807) is 12.3 Å². The average Bonchev–Trinajstić information content (AvgIpc) is 3.24. The van der Waals surface area contributed by atoms with E-state index in [-0.39, 0.29) is 6.42 Å². The number of fused-ring (bicyclic) bond motifs is 1. The molecular formula is C23H29N7O9. The first-order chi connectivity index (χ1) is 18.3. The third-order valence-electron chi connectivity index (χ3n) is 5.52. The highest BCUT2D eigenvalue weighted by Crippen LogP contribution is 2.18. The van der Waals surface area contributed by atoms with Gasteiger partial charge in [-0.1, -0.05) is 18.2 Å². The number of carbonyl (C=O) groups is 7. The predicted molar refractivity (Wildman–Crippen MR) is 133 cm³/mol. The van der Waals surface area contributed by atoms with Crippen molar-refractivity contribution in [1.82, 2.24) is 20.9 Å². The van der Waals surface area contributed by atoms with Crippen molar-refractivity contribution in [2.24, 2.45) is 17.2 Å². The van der Waals surface area contributed by atoms with Gasteiger partial charge in [0.25, 0.3) is 0 Å². The van der Waals surface area contributed by atoms with Gasteiger partial charge in [0.05, 0.1) is 25.3 Å². The molecule has 1 aromatic heterocycles. The molecule has 5 amide bonds. The molecule has 1 heterocycles. The molecule has 0 aliphatic rings. The topological polar surface area (TPSA) is 290 Å². The zero-order valence-electron chi connectivity index (χ0n) is 20.5. The number of para-hydroxylation sites is 1. The Morgan fingerprint density at radius 3 is 1.85 bits per heavy atom. The lowest BCUT2D eigenvalue weighted by Gasteiger charge is -2.24. The number of nitrogens with one attached hydrogen (secondary N) is 4. The van der Waals surface area contributed by atoms with Gasteiger partial charge in [0, 0.05) is 17.1 Å². The summed E-state index contributed by atoms with van der Waals surface area (Å²) < 4.78 is 0. The van der Waals surface area contributed by atoms with Crippen molar-refractivity contribution < 1.29 is 43.8 Å². The number of aliphatic carboxylic acids is 2. The lowest BCUT2D eigenvalue weighted by atomic mass is 10.0. The lowest BCUT2D eigenvalue weighted by Crippen LogP contribution is -2.58. The van der Waals surface area contributed by atoms with Crippen LogP contribution >= 0.6 is 0 Å². The summed E-state index contributed by atoms with van der Waals surface area (Å²) in [5.41, 5.74) is 17.6. The predicted octanol–water partition coefficient (Wildman–Crippen LogP) is -3.20. The Hall–Kier alpha value is -4.99. The van der Waals surface area contributed by atoms with E-state index in [9.17, 15) is 43.8 Å². The van der Waals surface area contributed by atoms with Crippen LogP contribution in [-0.4, -0.2) is 80.8 Å². The zero-order valence-corrected chi connectivity index (χ0v) is 20.5. The molecule has 12 N–H and O–H groups in total. The minimum absolute atomic E-state index is 0.0421. The third kappa shape index (κ3) is 9.12. The van der Waals surface area contributed by atoms with Crippen molar-refractivity contribution in [3.63, 3.8) is 0 Å². The maximum absolute atomic E-state index is 12.9. The fraction of sp³-hybridized carbons (Fsp3) is 0.348. The molecule has 0 fully saturated rings. The minimum atomic E-state index is -1.78. The molecule has 0 bridgehead atoms. The second-order valence-electron chi connectivity index (χ2n) is 8.63. The highest BCUT2D eigenvalue weighted by Gasteiger charge is 2.32. The maximum Gasteiger partial charge on any atom is 0.326 e. The van der Waals surface area contributed by atoms with Crippen molar-refractivity contribution in [3.8, 4) is 0 Å². The van der Waals surface area contributed by atoms with E-state index >= 15 is 0 Å². The number of H-pyrrole nitrogens is 1. The molecule has 2 rings (SSSR count). The Labute approximate surface area is 220 Å². The van der Waals surface area contributed by atoms with Crippen LogP contribution < -0.4 is 33.2 Å². The number of rotatable bonds is 15. The van der Waals surface area contributed by atoms with Crippen LogP contribution in [0.5, 0.6) is 0 Å². The van der Waals surface area contributed by atoms with E-state index in [0.717, 1.165) is 10.9 Å². The first-order valence-electron chi connectivity index (χ1n) is 11.5. The number of benzene rings is 1. The van der Waals surface area contributed by atoms with Crippen molar-refractivity contribution in [1.29, 1.82) is 0 Å². The van der Waals surface area contributed by atoms with Crippen LogP contribution in [0, 0.1) is 0 Å². The van der Waals surface area contributed by atoms with E-state index < -0.39 is 84.9 Å². The number of aromatic amines is 1. The molecule has 4 atom stereocenters. The summed E-state index contributed by atoms with van der Waals surface area (Å²) >= 11 is 0. The van der Waals surface area contributed by atoms with Crippen molar-refractivity contribution in [3.05, 3.63) is 36.0 Å². The van der Waals surface area contributed by atoms with Gasteiger partial charge in [0.1, 0.15) is 18.1 Å². The molecule has 4 unspecified atom stereocenters. The number of nitrogens with two attached hydrogens (primary N) is 3. The second-order valence-corrected chi connectivity index (χ2v) is 8.63. The van der Waals surface area contributed by atoms with Gasteiger partial charge in [-0.05, 0) is 18.1 Å². The smallest absolute Gasteiger partial charge is 0.326 e. The standard InChI is InChI=1S/C23H29N7O9/c24-12(5-10-9-27-13-4-2-1-3-11(10)13)20(35)28-15(8-19(33)34)22(37)29-14(6-17(25)31)21(36)30-16(23(38)39)7-18(26)32/h1-4,9,12,14-16,27H,5-8,24H2,(H2,25,31)(H2,26,32)(H,28,35)(H,29,37)(H,30,36)(H,33,34)(H,38,39). The minimum Gasteiger partial charge on any atom is -0.481 e. The van der Waals surface area contributed by atoms with Gasteiger partial charge < -0.3 is 48.3 Å². The molecule has 16 heteroatoms. The van der Waals surface area contributed by atoms with Gasteiger partial charge in [-0.15, -0.1) is 0 Å². The Balaban J connectivity index is 2.15. The fourth-order valence-electron chi connectivity index (χ4n) is 3.65. The van der Waals surface area contributed by atoms with Gasteiger partial charge >= 0.3 is 11.9 Å². The molecule has 39 heavy (non-hydrogen) atoms. The summed E-state index contributed by atoms with van der Waals surface area (Å²) in [5.74, 6) is -8.50. The summed E-state index contributed by atoms with van der Waals surface area (Å²) in [6.07, 6.45) is -0.810. The Bertz CT molecular complexity index is 1280. The SMILES string of the molecule is NC(=O)CC(NC(=O)C(CC(N)=O)NC(=O)C(CC(=O)O)NC(=O)C(N)Cc1c[nH]c2ccccc12)C(=O)O. The largest absolute Gasteiger partial charge is 0.481 e. The molecule has 210 valence electrons. The molecule has 16 nitrogen and oxygen atoms in total. The van der Waals surface area contributed by atoms with Crippen LogP contribution in [0.3, 0.4) is 0 Å². The molecule has 0 saturated carbocycles. The number of carbonyl (C=O) groups excluding carboxylic acids is 5. The summed E-state index contributed by atoms with van der Waals surface area (Å²) in [4.78, 5) is 86.5. The first-order valence-corrected chi connectivity index (χ1v) is 11.5. The summed E-state index contributed by atoms with van der Waals surface area (Å²) in [6, 6.07) is 0.783. The number of aromatic nitrogens is 1. The van der Waals surface area contributed by atoms with Gasteiger partial charge in [-0.3, -0.25) is 28.8 Å². The summed E-state index contributed by atoms with van der Waals surface area (Å²) in [7, 11) is 0. The molecule has 0 saturated heterocycles. The van der Waals surface area contributed by atoms with Crippen LogP contribution in [0.25, 0.3) is 10.9 Å². The number of hydrogen-bond acceptors (Lipinski definition) is 8. The fourth-order valence-corrected chi connectivity index (χ4v) is 3.65. The van der Waals surface area contributed by atoms with E-state index in [4.69, 9.17) is 17.2 Å². The van der Waals surface area contributed by atoms with Crippen LogP contribution in [0.1, 0.15) is 24.8 Å². The lowest BCUT2D eigenvalue weighted by molar-refractivity contribution is -0.144. The second kappa shape index (κ2) is 13.5. The van der Waals surface area contributed by atoms with Crippen LogP contribution in [0.15, 0.2) is 30.5 Å². The number of amides is 5. The molecule has 0 aliphatic carbocycles. The quantitative estimate of drug-likeness (QED) is 0.108. The number of primary amides is 2. The molecule has 2 aromatic rings. The monoisotopic (exact) mass is 547 g/mol. The van der Waals surface area contributed by atoms with Gasteiger partial charge in [0.2, 0.25) is 29.5 Å². The first kappa shape index (κ1) is 30.2. The number of hydrogen-bond donors (Lipinski definition) is 9. The van der Waals surface area contributed by atoms with Crippen LogP contribution in [0.2, 0.25) is 0 Å². The Morgan fingerprint density at radius 2 is 1.28 bits per heavy atom. The van der Waals surface area contributed by atoms with Crippen molar-refractivity contribution in [2.75, 3.05) is 0 Å². The Morgan fingerprint density at radius 1 is 0.769 bits per heavy atom. The molecular weight excluding hydrogens is 518 g/mol. The number of carboxylic acid groups (broad SMARTS) is 2. The van der Waals surface area contributed by atoms with Crippen molar-refractivity contribution in [2.45, 2.75) is 49.9 Å². The van der Waals surface area contributed by atoms with Gasteiger partial charge in [0.15, 0.2) is 0 Å². The van der Waals surface area contributed by atoms with Crippen LogP contribution in [-0.2, 0) is 40.0 Å². The highest BCUT2D eigenvalue weighted by molar-refractivity contribution is 5.98. The highest BCUT2D eigenvalue weighted by atomic mass is 16.4. The Kier molecular flexibility index (Phi) is 10.5. The summed E-state index contributed by atoms with van der Waals surface area (Å²) in [5, 5.41) is 25.5. The normalized spacial score (nSPS) is 13.9. The molecule has 1 aromatic carbocycles. The van der Waals surface area contributed by atoms with E-state index in [1.165, 1.54) is 0 Å². The van der Waals surface area contributed by atoms with Crippen molar-refractivity contribution >= 4 is 52.4 Å². The third-order valence-corrected chi connectivity index (χ3v) is 5.52. The average molecular weight is 548 g/mol.